The summed E-state index contributed by atoms with van der Waals surface area (Å²) < 4.78 is 1.47. The van der Waals surface area contributed by atoms with E-state index in [9.17, 15) is 4.79 Å². The molecular weight excluding hydrogens is 270 g/mol. The number of thiocarbonyl (C=S) groups is 1. The highest BCUT2D eigenvalue weighted by atomic mass is 35.5. The summed E-state index contributed by atoms with van der Waals surface area (Å²) in [5.74, 6) is 0. The minimum Gasteiger partial charge on any atom is -0.389 e. The minimum atomic E-state index is -0.313. The molecule has 0 amide bonds. The van der Waals surface area contributed by atoms with Crippen molar-refractivity contribution in [1.82, 2.24) is 9.55 Å². The molecule has 0 unspecified atom stereocenters. The van der Waals surface area contributed by atoms with Gasteiger partial charge in [0.2, 0.25) is 0 Å². The van der Waals surface area contributed by atoms with Crippen LogP contribution in [0.4, 0.5) is 0 Å². The molecule has 0 bridgehead atoms. The van der Waals surface area contributed by atoms with Gasteiger partial charge in [-0.2, -0.15) is 0 Å². The van der Waals surface area contributed by atoms with Crippen molar-refractivity contribution in [2.75, 3.05) is 0 Å². The van der Waals surface area contributed by atoms with E-state index in [0.717, 1.165) is 5.56 Å². The van der Waals surface area contributed by atoms with E-state index in [4.69, 9.17) is 29.6 Å². The van der Waals surface area contributed by atoms with Gasteiger partial charge < -0.3 is 5.73 Å². The number of nitrogens with two attached hydrogens (primary N) is 1. The lowest BCUT2D eigenvalue weighted by Gasteiger charge is -2.08. The number of aromatic nitrogens is 2. The molecule has 18 heavy (non-hydrogen) atoms. The van der Waals surface area contributed by atoms with E-state index in [2.05, 4.69) is 4.98 Å². The summed E-state index contributed by atoms with van der Waals surface area (Å²) in [5, 5.41) is 0.524. The Labute approximate surface area is 114 Å². The third-order valence-electron chi connectivity index (χ3n) is 2.46. The summed E-state index contributed by atoms with van der Waals surface area (Å²) >= 11 is 11.0. The molecule has 2 N–H and O–H groups in total. The number of hydrogen-bond donors (Lipinski definition) is 1. The van der Waals surface area contributed by atoms with E-state index < -0.39 is 0 Å². The first kappa shape index (κ1) is 12.7. The molecule has 1 heterocycles. The Balaban J connectivity index is 2.33. The average molecular weight is 280 g/mol. The van der Waals surface area contributed by atoms with Crippen LogP contribution >= 0.6 is 23.8 Å². The highest BCUT2D eigenvalue weighted by Crippen LogP contribution is 2.18. The van der Waals surface area contributed by atoms with Gasteiger partial charge in [-0.3, -0.25) is 4.57 Å². The lowest BCUT2D eigenvalue weighted by Crippen LogP contribution is -2.22. The van der Waals surface area contributed by atoms with Crippen molar-refractivity contribution < 1.29 is 0 Å². The first-order chi connectivity index (χ1) is 8.58. The number of nitrogens with zero attached hydrogens (tertiary/aromatic N) is 2. The van der Waals surface area contributed by atoms with Gasteiger partial charge in [-0.05, 0) is 17.7 Å². The second-order valence-electron chi connectivity index (χ2n) is 3.70. The van der Waals surface area contributed by atoms with Crippen LogP contribution < -0.4 is 11.4 Å². The number of halogens is 1. The van der Waals surface area contributed by atoms with E-state index in [0.29, 0.717) is 22.1 Å². The molecule has 0 radical (unpaired) electrons. The first-order valence-corrected chi connectivity index (χ1v) is 5.96. The Morgan fingerprint density at radius 1 is 1.50 bits per heavy atom. The van der Waals surface area contributed by atoms with Gasteiger partial charge in [-0.1, -0.05) is 36.0 Å². The fraction of sp³-hybridized carbons (Fsp3) is 0.0833. The number of rotatable bonds is 3. The zero-order valence-corrected chi connectivity index (χ0v) is 10.9. The monoisotopic (exact) mass is 279 g/mol. The first-order valence-electron chi connectivity index (χ1n) is 5.17. The van der Waals surface area contributed by atoms with E-state index in [1.54, 1.807) is 30.5 Å². The molecule has 0 atom stereocenters. The lowest BCUT2D eigenvalue weighted by atomic mass is 10.1. The zero-order chi connectivity index (χ0) is 13.1. The van der Waals surface area contributed by atoms with Crippen LogP contribution in [0.15, 0.2) is 41.5 Å². The molecule has 92 valence electrons. The van der Waals surface area contributed by atoms with Crippen molar-refractivity contribution in [1.29, 1.82) is 0 Å². The lowest BCUT2D eigenvalue weighted by molar-refractivity contribution is 0.727. The Morgan fingerprint density at radius 2 is 2.28 bits per heavy atom. The maximum absolute atomic E-state index is 11.5. The van der Waals surface area contributed by atoms with Crippen LogP contribution in [0.3, 0.4) is 0 Å². The van der Waals surface area contributed by atoms with Crippen LogP contribution in [0.1, 0.15) is 11.1 Å². The largest absolute Gasteiger partial charge is 0.389 e. The van der Waals surface area contributed by atoms with Crippen LogP contribution in [0.2, 0.25) is 5.02 Å². The second-order valence-corrected chi connectivity index (χ2v) is 4.55. The van der Waals surface area contributed by atoms with Gasteiger partial charge in [-0.15, -0.1) is 0 Å². The maximum atomic E-state index is 11.5. The van der Waals surface area contributed by atoms with Gasteiger partial charge in [0.25, 0.3) is 0 Å². The summed E-state index contributed by atoms with van der Waals surface area (Å²) in [4.78, 5) is 15.4. The molecular formula is C12H10ClN3OS. The molecule has 2 rings (SSSR count). The molecule has 0 saturated carbocycles. The zero-order valence-electron chi connectivity index (χ0n) is 9.34. The van der Waals surface area contributed by atoms with E-state index >= 15 is 0 Å². The fourth-order valence-corrected chi connectivity index (χ4v) is 1.89. The van der Waals surface area contributed by atoms with Gasteiger partial charge in [-0.25, -0.2) is 9.78 Å². The van der Waals surface area contributed by atoms with Crippen LogP contribution in [-0.2, 0) is 6.54 Å². The molecule has 0 aliphatic carbocycles. The Bertz CT molecular complexity index is 654. The van der Waals surface area contributed by atoms with Crippen LogP contribution in [0.5, 0.6) is 0 Å². The Kier molecular flexibility index (Phi) is 3.74. The smallest absolute Gasteiger partial charge is 0.347 e. The molecule has 6 heteroatoms. The number of hydrogen-bond acceptors (Lipinski definition) is 3. The standard InChI is InChI=1S/C12H10ClN3OS/c13-10-6-8(11(14)18)2-3-9(10)7-16-5-1-4-15-12(16)17/h1-6H,7H2,(H2,14,18). The SMILES string of the molecule is NC(=S)c1ccc(Cn2cccnc2=O)c(Cl)c1. The number of benzene rings is 1. The quantitative estimate of drug-likeness (QED) is 0.867. The van der Waals surface area contributed by atoms with E-state index in [1.807, 2.05) is 0 Å². The fourth-order valence-electron chi connectivity index (χ4n) is 1.52. The highest BCUT2D eigenvalue weighted by Gasteiger charge is 2.05. The molecule has 0 spiro atoms. The molecule has 2 aromatic rings. The van der Waals surface area contributed by atoms with Gasteiger partial charge in [0.05, 0.1) is 6.54 Å². The summed E-state index contributed by atoms with van der Waals surface area (Å²) in [6.07, 6.45) is 3.11. The van der Waals surface area contributed by atoms with E-state index in [-0.39, 0.29) is 5.69 Å². The highest BCUT2D eigenvalue weighted by molar-refractivity contribution is 7.80. The predicted molar refractivity (Wildman–Crippen MR) is 74.9 cm³/mol. The summed E-state index contributed by atoms with van der Waals surface area (Å²) in [6.45, 7) is 0.364. The molecule has 0 aliphatic rings. The van der Waals surface area contributed by atoms with Gasteiger partial charge in [0.1, 0.15) is 4.99 Å². The summed E-state index contributed by atoms with van der Waals surface area (Å²) in [5.41, 5.74) is 6.72. The van der Waals surface area contributed by atoms with Crippen molar-refractivity contribution in [3.63, 3.8) is 0 Å². The van der Waals surface area contributed by atoms with Gasteiger partial charge in [0, 0.05) is 23.0 Å². The predicted octanol–water partition coefficient (Wildman–Crippen LogP) is 1.58. The molecule has 4 nitrogen and oxygen atoms in total. The summed E-state index contributed by atoms with van der Waals surface area (Å²) in [6, 6.07) is 6.97. The van der Waals surface area contributed by atoms with Crippen molar-refractivity contribution in [3.8, 4) is 0 Å². The third-order valence-corrected chi connectivity index (χ3v) is 3.05. The van der Waals surface area contributed by atoms with Crippen LogP contribution in [0, 0.1) is 0 Å². The summed E-state index contributed by atoms with van der Waals surface area (Å²) in [7, 11) is 0. The molecule has 0 fully saturated rings. The minimum absolute atomic E-state index is 0.294. The molecule has 0 aliphatic heterocycles. The van der Waals surface area contributed by atoms with Crippen molar-refractivity contribution >= 4 is 28.8 Å². The van der Waals surface area contributed by atoms with Gasteiger partial charge in [0.15, 0.2) is 0 Å². The van der Waals surface area contributed by atoms with Crippen molar-refractivity contribution in [2.45, 2.75) is 6.54 Å². The molecule has 0 saturated heterocycles. The van der Waals surface area contributed by atoms with E-state index in [1.165, 1.54) is 10.8 Å². The topological polar surface area (TPSA) is 60.9 Å². The van der Waals surface area contributed by atoms with Crippen LogP contribution in [0.25, 0.3) is 0 Å². The van der Waals surface area contributed by atoms with Crippen molar-refractivity contribution in [2.24, 2.45) is 5.73 Å². The molecule has 1 aromatic carbocycles. The average Bonchev–Trinajstić information content (AvgIpc) is 2.34. The Morgan fingerprint density at radius 3 is 2.89 bits per heavy atom. The maximum Gasteiger partial charge on any atom is 0.347 e. The Hall–Kier alpha value is -1.72. The second kappa shape index (κ2) is 5.29. The normalized spacial score (nSPS) is 10.3. The van der Waals surface area contributed by atoms with Gasteiger partial charge >= 0.3 is 5.69 Å². The van der Waals surface area contributed by atoms with Crippen LogP contribution in [-0.4, -0.2) is 14.5 Å². The third kappa shape index (κ3) is 2.75. The molecule has 1 aromatic heterocycles. The van der Waals surface area contributed by atoms with Crippen molar-refractivity contribution in [3.05, 3.63) is 63.3 Å².